The molecule has 0 aromatic rings. The molecular formula is C16H26CuLi2. The van der Waals surface area contributed by atoms with Crippen LogP contribution in [-0.2, 0) is 17.1 Å². The van der Waals surface area contributed by atoms with Gasteiger partial charge in [-0.1, -0.05) is 52.4 Å². The Bertz CT molecular complexity index is 170. The largest absolute Gasteiger partial charge is 1.00 e. The van der Waals surface area contributed by atoms with Crippen molar-refractivity contribution in [3.05, 3.63) is 12.8 Å². The van der Waals surface area contributed by atoms with E-state index < -0.39 is 0 Å². The van der Waals surface area contributed by atoms with Gasteiger partial charge in [-0.3, -0.25) is 0 Å². The Labute approximate surface area is 156 Å². The summed E-state index contributed by atoms with van der Waals surface area (Å²) in [5, 5.41) is 0. The smallest absolute Gasteiger partial charge is 0.694 e. The zero-order valence-electron chi connectivity index (χ0n) is 13.4. The van der Waals surface area contributed by atoms with Crippen molar-refractivity contribution >= 4 is 0 Å². The van der Waals surface area contributed by atoms with Crippen molar-refractivity contribution in [2.45, 2.75) is 78.1 Å². The van der Waals surface area contributed by atoms with Crippen LogP contribution in [0, 0.1) is 24.7 Å². The minimum atomic E-state index is 0. The third-order valence-corrected chi connectivity index (χ3v) is 2.31. The summed E-state index contributed by atoms with van der Waals surface area (Å²) in [4.78, 5) is 0. The molecule has 19 heavy (non-hydrogen) atoms. The summed E-state index contributed by atoms with van der Waals surface area (Å²) in [6.07, 6.45) is 24.9. The molecule has 0 unspecified atom stereocenters. The van der Waals surface area contributed by atoms with E-state index in [1.165, 1.54) is 38.5 Å². The zero-order chi connectivity index (χ0) is 12.5. The molecule has 0 rings (SSSR count). The van der Waals surface area contributed by atoms with Crippen LogP contribution in [0.3, 0.4) is 0 Å². The van der Waals surface area contributed by atoms with Crippen molar-refractivity contribution < 1.29 is 54.8 Å². The van der Waals surface area contributed by atoms with E-state index in [-0.39, 0.29) is 54.8 Å². The predicted octanol–water partition coefficient (Wildman–Crippen LogP) is -0.901. The molecule has 0 saturated carbocycles. The summed E-state index contributed by atoms with van der Waals surface area (Å²) in [7, 11) is 0. The van der Waals surface area contributed by atoms with Crippen LogP contribution in [0.1, 0.15) is 78.1 Å². The summed E-state index contributed by atoms with van der Waals surface area (Å²) in [6.45, 7) is 4.38. The number of hydrogen-bond donors (Lipinski definition) is 0. The molecular weight excluding hydrogens is 270 g/mol. The minimum absolute atomic E-state index is 0. The SMILES string of the molecule is [C-]#CCCCCCC.[C-]#CCCCCCC.[Cu].[Li+].[Li+]. The van der Waals surface area contributed by atoms with Crippen molar-refractivity contribution in [1.82, 2.24) is 0 Å². The average molecular weight is 296 g/mol. The van der Waals surface area contributed by atoms with Gasteiger partial charge in [0.05, 0.1) is 0 Å². The van der Waals surface area contributed by atoms with Crippen LogP contribution in [0.15, 0.2) is 0 Å². The number of unbranched alkanes of at least 4 members (excludes halogenated alkanes) is 8. The van der Waals surface area contributed by atoms with Crippen molar-refractivity contribution in [2.24, 2.45) is 0 Å². The Morgan fingerprint density at radius 3 is 1.16 bits per heavy atom. The van der Waals surface area contributed by atoms with Gasteiger partial charge in [-0.05, 0) is 25.7 Å². The fraction of sp³-hybridized carbons (Fsp3) is 0.750. The first-order chi connectivity index (χ1) is 7.83. The van der Waals surface area contributed by atoms with Crippen LogP contribution in [-0.4, -0.2) is 0 Å². The molecule has 0 atom stereocenters. The molecule has 0 amide bonds. The molecule has 0 aromatic heterocycles. The zero-order valence-corrected chi connectivity index (χ0v) is 14.3. The molecule has 0 spiro atoms. The van der Waals surface area contributed by atoms with Crippen LogP contribution in [0.4, 0.5) is 0 Å². The van der Waals surface area contributed by atoms with E-state index >= 15 is 0 Å². The molecule has 0 fully saturated rings. The van der Waals surface area contributed by atoms with Gasteiger partial charge in [0.2, 0.25) is 0 Å². The van der Waals surface area contributed by atoms with E-state index in [9.17, 15) is 0 Å². The first kappa shape index (κ1) is 32.0. The van der Waals surface area contributed by atoms with Crippen LogP contribution in [0.25, 0.3) is 0 Å². The Balaban J connectivity index is -0.0000000594. The third-order valence-electron chi connectivity index (χ3n) is 2.31. The van der Waals surface area contributed by atoms with Gasteiger partial charge in [0.1, 0.15) is 0 Å². The molecule has 0 bridgehead atoms. The Hall–Kier alpha value is 0.834. The van der Waals surface area contributed by atoms with E-state index in [2.05, 4.69) is 25.7 Å². The average Bonchev–Trinajstić information content (AvgIpc) is 2.31. The summed E-state index contributed by atoms with van der Waals surface area (Å²) in [5.41, 5.74) is 0. The Kier molecular flexibility index (Phi) is 61.2. The fourth-order valence-electron chi connectivity index (χ4n) is 1.28. The predicted molar refractivity (Wildman–Crippen MR) is 71.8 cm³/mol. The molecule has 0 nitrogen and oxygen atoms in total. The van der Waals surface area contributed by atoms with Crippen LogP contribution in [0.5, 0.6) is 0 Å². The van der Waals surface area contributed by atoms with Crippen LogP contribution >= 0.6 is 0 Å². The maximum absolute atomic E-state index is 6.59. The van der Waals surface area contributed by atoms with Gasteiger partial charge in [0, 0.05) is 17.1 Å². The van der Waals surface area contributed by atoms with Gasteiger partial charge >= 0.3 is 37.7 Å². The molecule has 0 heterocycles. The molecule has 0 aromatic carbocycles. The number of rotatable bonds is 8. The molecule has 103 valence electrons. The Morgan fingerprint density at radius 1 is 0.632 bits per heavy atom. The summed E-state index contributed by atoms with van der Waals surface area (Å²) < 4.78 is 0. The summed E-state index contributed by atoms with van der Waals surface area (Å²) in [5.74, 6) is 4.75. The second-order valence-corrected chi connectivity index (χ2v) is 3.97. The standard InChI is InChI=1S/2C8H13.Cu.2Li/c2*1-3-5-7-8-6-4-2;;;/h2*3,5-8H2,1H3;;;/q2*-1;;2*+1. The van der Waals surface area contributed by atoms with Gasteiger partial charge in [-0.15, -0.1) is 0 Å². The van der Waals surface area contributed by atoms with E-state index in [1.807, 2.05) is 0 Å². The molecule has 0 N–H and O–H groups in total. The Morgan fingerprint density at radius 2 is 0.947 bits per heavy atom. The normalized spacial score (nSPS) is 7.16. The quantitative estimate of drug-likeness (QED) is 0.236. The summed E-state index contributed by atoms with van der Waals surface area (Å²) in [6, 6.07) is 0. The first-order valence-electron chi connectivity index (χ1n) is 6.62. The minimum Gasteiger partial charge on any atom is -0.694 e. The molecule has 0 aliphatic carbocycles. The van der Waals surface area contributed by atoms with E-state index in [0.717, 1.165) is 25.7 Å². The van der Waals surface area contributed by atoms with Gasteiger partial charge in [-0.25, -0.2) is 0 Å². The van der Waals surface area contributed by atoms with E-state index in [4.69, 9.17) is 12.8 Å². The van der Waals surface area contributed by atoms with Gasteiger partial charge in [0.25, 0.3) is 0 Å². The van der Waals surface area contributed by atoms with Crippen molar-refractivity contribution in [1.29, 1.82) is 0 Å². The van der Waals surface area contributed by atoms with Gasteiger partial charge in [-0.2, -0.15) is 0 Å². The topological polar surface area (TPSA) is 0 Å². The number of hydrogen-bond acceptors (Lipinski definition) is 0. The van der Waals surface area contributed by atoms with E-state index in [1.54, 1.807) is 0 Å². The maximum atomic E-state index is 6.59. The van der Waals surface area contributed by atoms with Crippen molar-refractivity contribution in [3.63, 3.8) is 0 Å². The van der Waals surface area contributed by atoms with Crippen molar-refractivity contribution in [3.8, 4) is 11.8 Å². The second-order valence-electron chi connectivity index (χ2n) is 3.97. The third kappa shape index (κ3) is 45.5. The fourth-order valence-corrected chi connectivity index (χ4v) is 1.28. The van der Waals surface area contributed by atoms with E-state index in [0.29, 0.717) is 0 Å². The van der Waals surface area contributed by atoms with Gasteiger partial charge in [0.15, 0.2) is 0 Å². The van der Waals surface area contributed by atoms with Crippen LogP contribution < -0.4 is 37.7 Å². The molecule has 0 saturated heterocycles. The molecule has 3 heteroatoms. The van der Waals surface area contributed by atoms with Crippen LogP contribution in [0.2, 0.25) is 0 Å². The summed E-state index contributed by atoms with van der Waals surface area (Å²) >= 11 is 0. The second kappa shape index (κ2) is 36.4. The molecule has 0 aliphatic heterocycles. The first-order valence-corrected chi connectivity index (χ1v) is 6.62. The molecule has 0 aliphatic rings. The maximum Gasteiger partial charge on any atom is 1.00 e. The van der Waals surface area contributed by atoms with Crippen molar-refractivity contribution in [2.75, 3.05) is 0 Å². The monoisotopic (exact) mass is 295 g/mol. The molecule has 1 radical (unpaired) electrons. The van der Waals surface area contributed by atoms with Gasteiger partial charge < -0.3 is 24.7 Å².